The van der Waals surface area contributed by atoms with Gasteiger partial charge in [0, 0.05) is 18.2 Å². The molecular formula is C14H15Cl2NO3S. The number of nitrogens with one attached hydrogen (secondary N) is 1. The molecule has 1 aliphatic rings. The second kappa shape index (κ2) is 7.38. The number of carboxylic acid groups (broad SMARTS) is 1. The van der Waals surface area contributed by atoms with Gasteiger partial charge in [0.1, 0.15) is 0 Å². The zero-order valence-corrected chi connectivity index (χ0v) is 13.5. The lowest BCUT2D eigenvalue weighted by atomic mass is 10.1. The van der Waals surface area contributed by atoms with E-state index in [1.807, 2.05) is 12.1 Å². The Balaban J connectivity index is 1.76. The van der Waals surface area contributed by atoms with E-state index in [1.165, 1.54) is 11.8 Å². The van der Waals surface area contributed by atoms with E-state index >= 15 is 0 Å². The lowest BCUT2D eigenvalue weighted by Gasteiger charge is -2.06. The van der Waals surface area contributed by atoms with Crippen LogP contribution in [0.5, 0.6) is 0 Å². The van der Waals surface area contributed by atoms with Crippen LogP contribution in [0.4, 0.5) is 0 Å². The Kier molecular flexibility index (Phi) is 5.79. The lowest BCUT2D eigenvalue weighted by molar-refractivity contribution is -0.133. The van der Waals surface area contributed by atoms with Crippen LogP contribution in [0.1, 0.15) is 17.9 Å². The SMILES string of the molecule is O=C(O)CSCCNC(=O)C1CC1c1cccc(Cl)c1Cl. The van der Waals surface area contributed by atoms with E-state index in [1.54, 1.807) is 6.07 Å². The van der Waals surface area contributed by atoms with E-state index in [9.17, 15) is 9.59 Å². The summed E-state index contributed by atoms with van der Waals surface area (Å²) in [6, 6.07) is 5.46. The van der Waals surface area contributed by atoms with Crippen LogP contribution >= 0.6 is 35.0 Å². The van der Waals surface area contributed by atoms with Gasteiger partial charge >= 0.3 is 5.97 Å². The number of amides is 1. The van der Waals surface area contributed by atoms with Gasteiger partial charge in [0.15, 0.2) is 0 Å². The number of hydrogen-bond acceptors (Lipinski definition) is 3. The molecule has 0 saturated heterocycles. The molecule has 1 fully saturated rings. The first-order chi connectivity index (χ1) is 10.0. The second-order valence-electron chi connectivity index (χ2n) is 4.83. The highest BCUT2D eigenvalue weighted by Gasteiger charge is 2.44. The fraction of sp³-hybridized carbons (Fsp3) is 0.429. The molecule has 1 aromatic carbocycles. The number of carboxylic acids is 1. The van der Waals surface area contributed by atoms with E-state index < -0.39 is 5.97 Å². The minimum Gasteiger partial charge on any atom is -0.481 e. The molecule has 2 atom stereocenters. The molecule has 1 aromatic rings. The summed E-state index contributed by atoms with van der Waals surface area (Å²) < 4.78 is 0. The third-order valence-electron chi connectivity index (χ3n) is 3.28. The zero-order valence-electron chi connectivity index (χ0n) is 11.1. The van der Waals surface area contributed by atoms with Crippen LogP contribution in [0.2, 0.25) is 10.0 Å². The van der Waals surface area contributed by atoms with Crippen LogP contribution in [-0.2, 0) is 9.59 Å². The quantitative estimate of drug-likeness (QED) is 0.744. The number of aliphatic carboxylic acids is 1. The van der Waals surface area contributed by atoms with Gasteiger partial charge in [-0.1, -0.05) is 35.3 Å². The highest BCUT2D eigenvalue weighted by atomic mass is 35.5. The number of benzene rings is 1. The van der Waals surface area contributed by atoms with Gasteiger partial charge in [-0.05, 0) is 24.0 Å². The summed E-state index contributed by atoms with van der Waals surface area (Å²) >= 11 is 13.4. The van der Waals surface area contributed by atoms with Crippen molar-refractivity contribution in [1.82, 2.24) is 5.32 Å². The maximum atomic E-state index is 12.0. The third-order valence-corrected chi connectivity index (χ3v) is 5.06. The van der Waals surface area contributed by atoms with E-state index in [-0.39, 0.29) is 23.5 Å². The fourth-order valence-corrected chi connectivity index (χ4v) is 3.19. The summed E-state index contributed by atoms with van der Waals surface area (Å²) in [7, 11) is 0. The van der Waals surface area contributed by atoms with E-state index in [0.29, 0.717) is 22.3 Å². The molecule has 114 valence electrons. The summed E-state index contributed by atoms with van der Waals surface area (Å²) in [5, 5.41) is 12.4. The molecular weight excluding hydrogens is 333 g/mol. The second-order valence-corrected chi connectivity index (χ2v) is 6.72. The predicted molar refractivity (Wildman–Crippen MR) is 85.3 cm³/mol. The summed E-state index contributed by atoms with van der Waals surface area (Å²) in [5.41, 5.74) is 0.921. The van der Waals surface area contributed by atoms with Crippen molar-refractivity contribution in [3.8, 4) is 0 Å². The Labute approximate surface area is 137 Å². The van der Waals surface area contributed by atoms with Gasteiger partial charge in [0.2, 0.25) is 5.91 Å². The first-order valence-corrected chi connectivity index (χ1v) is 8.43. The number of rotatable bonds is 7. The molecule has 0 heterocycles. The summed E-state index contributed by atoms with van der Waals surface area (Å²) in [4.78, 5) is 22.3. The van der Waals surface area contributed by atoms with Gasteiger partial charge in [-0.15, -0.1) is 11.8 Å². The Morgan fingerprint density at radius 1 is 1.38 bits per heavy atom. The third kappa shape index (κ3) is 4.53. The predicted octanol–water partition coefficient (Wildman–Crippen LogP) is 3.03. The van der Waals surface area contributed by atoms with E-state index in [2.05, 4.69) is 5.32 Å². The molecule has 2 unspecified atom stereocenters. The Morgan fingerprint density at radius 3 is 2.86 bits per heavy atom. The van der Waals surface area contributed by atoms with Crippen molar-refractivity contribution < 1.29 is 14.7 Å². The van der Waals surface area contributed by atoms with Crippen molar-refractivity contribution in [1.29, 1.82) is 0 Å². The molecule has 4 nitrogen and oxygen atoms in total. The fourth-order valence-electron chi connectivity index (χ4n) is 2.17. The van der Waals surface area contributed by atoms with Gasteiger partial charge < -0.3 is 10.4 Å². The molecule has 1 amide bonds. The largest absolute Gasteiger partial charge is 0.481 e. The Morgan fingerprint density at radius 2 is 2.14 bits per heavy atom. The maximum absolute atomic E-state index is 12.0. The number of carbonyl (C=O) groups excluding carboxylic acids is 1. The highest BCUT2D eigenvalue weighted by Crippen LogP contribution is 2.50. The molecule has 2 N–H and O–H groups in total. The maximum Gasteiger partial charge on any atom is 0.313 e. The van der Waals surface area contributed by atoms with E-state index in [4.69, 9.17) is 28.3 Å². The summed E-state index contributed by atoms with van der Waals surface area (Å²) in [6.45, 7) is 0.475. The van der Waals surface area contributed by atoms with Crippen molar-refractivity contribution in [2.24, 2.45) is 5.92 Å². The van der Waals surface area contributed by atoms with Crippen molar-refractivity contribution in [2.45, 2.75) is 12.3 Å². The minimum atomic E-state index is -0.843. The molecule has 0 aliphatic heterocycles. The number of thioether (sulfide) groups is 1. The average molecular weight is 348 g/mol. The highest BCUT2D eigenvalue weighted by molar-refractivity contribution is 7.99. The number of halogens is 2. The molecule has 7 heteroatoms. The van der Waals surface area contributed by atoms with Crippen molar-refractivity contribution >= 4 is 46.8 Å². The van der Waals surface area contributed by atoms with Crippen LogP contribution in [-0.4, -0.2) is 35.0 Å². The van der Waals surface area contributed by atoms with Gasteiger partial charge in [0.25, 0.3) is 0 Å². The Hall–Kier alpha value is -0.910. The molecule has 21 heavy (non-hydrogen) atoms. The molecule has 0 bridgehead atoms. The molecule has 1 aliphatic carbocycles. The van der Waals surface area contributed by atoms with Crippen LogP contribution in [0, 0.1) is 5.92 Å². The van der Waals surface area contributed by atoms with Crippen LogP contribution in [0.15, 0.2) is 18.2 Å². The Bertz CT molecular complexity index is 553. The van der Waals surface area contributed by atoms with Gasteiger partial charge in [-0.3, -0.25) is 9.59 Å². The molecule has 0 spiro atoms. The van der Waals surface area contributed by atoms with Gasteiger partial charge in [-0.25, -0.2) is 0 Å². The van der Waals surface area contributed by atoms with Gasteiger partial charge in [-0.2, -0.15) is 0 Å². The van der Waals surface area contributed by atoms with Crippen molar-refractivity contribution in [3.63, 3.8) is 0 Å². The summed E-state index contributed by atoms with van der Waals surface area (Å²) in [5.74, 6) is -0.141. The molecule has 1 saturated carbocycles. The molecule has 0 aromatic heterocycles. The van der Waals surface area contributed by atoms with Crippen molar-refractivity contribution in [2.75, 3.05) is 18.1 Å². The topological polar surface area (TPSA) is 66.4 Å². The monoisotopic (exact) mass is 347 g/mol. The first-order valence-electron chi connectivity index (χ1n) is 6.52. The normalized spacial score (nSPS) is 20.1. The number of carbonyl (C=O) groups is 2. The minimum absolute atomic E-state index is 0.00744. The summed E-state index contributed by atoms with van der Waals surface area (Å²) in [6.07, 6.45) is 0.772. The van der Waals surface area contributed by atoms with Crippen LogP contribution < -0.4 is 5.32 Å². The molecule has 2 rings (SSSR count). The standard InChI is InChI=1S/C14H15Cl2NO3S/c15-11-3-1-2-8(13(11)16)9-6-10(9)14(20)17-4-5-21-7-12(18)19/h1-3,9-10H,4-7H2,(H,17,20)(H,18,19). The lowest BCUT2D eigenvalue weighted by Crippen LogP contribution is -2.27. The van der Waals surface area contributed by atoms with Gasteiger partial charge in [0.05, 0.1) is 15.8 Å². The molecule has 0 radical (unpaired) electrons. The van der Waals surface area contributed by atoms with Crippen LogP contribution in [0.3, 0.4) is 0 Å². The van der Waals surface area contributed by atoms with Crippen LogP contribution in [0.25, 0.3) is 0 Å². The number of hydrogen-bond donors (Lipinski definition) is 2. The average Bonchev–Trinajstić information content (AvgIpc) is 3.21. The first kappa shape index (κ1) is 16.5. The smallest absolute Gasteiger partial charge is 0.313 e. The zero-order chi connectivity index (χ0) is 15.4. The van der Waals surface area contributed by atoms with E-state index in [0.717, 1.165) is 12.0 Å². The van der Waals surface area contributed by atoms with Crippen molar-refractivity contribution in [3.05, 3.63) is 33.8 Å².